The molecule has 0 aromatic carbocycles. The van der Waals surface area contributed by atoms with Gasteiger partial charge in [-0.2, -0.15) is 4.89 Å². The van der Waals surface area contributed by atoms with Crippen LogP contribution in [0.15, 0.2) is 0 Å². The number of hydrogen-bond acceptors (Lipinski definition) is 3. The van der Waals surface area contributed by atoms with E-state index >= 15 is 0 Å². The zero-order chi connectivity index (χ0) is 5.86. The highest BCUT2D eigenvalue weighted by atomic mass is 32.1. The van der Waals surface area contributed by atoms with Crippen LogP contribution in [0.1, 0.15) is 0 Å². The molecular formula is C2H5NO2PS+. The summed E-state index contributed by atoms with van der Waals surface area (Å²) in [6.45, 7) is 0. The zero-order valence-corrected chi connectivity index (χ0v) is 5.15. The van der Waals surface area contributed by atoms with Crippen LogP contribution in [0.25, 0.3) is 0 Å². The fourth-order valence-corrected chi connectivity index (χ4v) is 0.469. The van der Waals surface area contributed by atoms with Crippen molar-refractivity contribution in [3.63, 3.8) is 0 Å². The fraction of sp³-hybridized carbons (Fsp3) is 0.500. The van der Waals surface area contributed by atoms with Gasteiger partial charge in [0.2, 0.25) is 0 Å². The van der Waals surface area contributed by atoms with Gasteiger partial charge in [-0.05, 0) is 4.57 Å². The molecule has 0 bridgehead atoms. The van der Waals surface area contributed by atoms with Crippen molar-refractivity contribution in [2.45, 2.75) is 5.78 Å². The maximum absolute atomic E-state index is 9.86. The molecule has 0 saturated heterocycles. The maximum atomic E-state index is 9.86. The molecule has 2 unspecified atom stereocenters. The van der Waals surface area contributed by atoms with Gasteiger partial charge < -0.3 is 0 Å². The molecule has 0 aliphatic heterocycles. The fourth-order valence-electron chi connectivity index (χ4n) is 0.0521. The van der Waals surface area contributed by atoms with E-state index in [0.29, 0.717) is 0 Å². The highest BCUT2D eigenvalue weighted by molar-refractivity contribution is 7.79. The van der Waals surface area contributed by atoms with Gasteiger partial charge in [-0.25, -0.2) is 0 Å². The van der Waals surface area contributed by atoms with Gasteiger partial charge in [0.1, 0.15) is 0 Å². The van der Waals surface area contributed by atoms with E-state index in [9.17, 15) is 4.57 Å². The number of hydrogen-bond donors (Lipinski definition) is 2. The second-order valence-corrected chi connectivity index (χ2v) is 2.40. The van der Waals surface area contributed by atoms with E-state index in [1.807, 2.05) is 0 Å². The van der Waals surface area contributed by atoms with E-state index in [1.54, 1.807) is 0 Å². The molecule has 3 N–H and O–H groups in total. The predicted molar refractivity (Wildman–Crippen MR) is 31.5 cm³/mol. The van der Waals surface area contributed by atoms with Crippen LogP contribution in [0.5, 0.6) is 0 Å². The highest BCUT2D eigenvalue weighted by Crippen LogP contribution is 2.14. The zero-order valence-electron chi connectivity index (χ0n) is 3.44. The molecule has 0 aliphatic rings. The van der Waals surface area contributed by atoms with E-state index in [0.717, 1.165) is 5.37 Å². The Balaban J connectivity index is 3.55. The standard InChI is InChI=1S/C2H4NO2PS/c3-2(1-7)6(4)5/h1-2H,3H2/p+1. The summed E-state index contributed by atoms with van der Waals surface area (Å²) in [5, 5.41) is 1.07. The summed E-state index contributed by atoms with van der Waals surface area (Å²) < 4.78 is 9.86. The third-order valence-corrected chi connectivity index (χ3v) is 1.55. The van der Waals surface area contributed by atoms with E-state index < -0.39 is 13.8 Å². The SMILES string of the molecule is NC(C=S)[P+](=O)O. The lowest BCUT2D eigenvalue weighted by Crippen LogP contribution is -2.14. The van der Waals surface area contributed by atoms with Gasteiger partial charge in [0.15, 0.2) is 0 Å². The van der Waals surface area contributed by atoms with Crippen LogP contribution >= 0.6 is 20.2 Å². The first kappa shape index (κ1) is 7.11. The molecule has 0 aromatic rings. The van der Waals surface area contributed by atoms with Gasteiger partial charge in [-0.3, -0.25) is 5.73 Å². The van der Waals surface area contributed by atoms with Crippen LogP contribution in [0.2, 0.25) is 0 Å². The van der Waals surface area contributed by atoms with Gasteiger partial charge in [0, 0.05) is 5.37 Å². The van der Waals surface area contributed by atoms with Gasteiger partial charge in [0.25, 0.3) is 5.78 Å². The summed E-state index contributed by atoms with van der Waals surface area (Å²) in [7, 11) is -2.29. The van der Waals surface area contributed by atoms with Gasteiger partial charge in [-0.15, -0.1) is 0 Å². The molecule has 2 atom stereocenters. The Morgan fingerprint density at radius 3 is 2.43 bits per heavy atom. The molecule has 0 rings (SSSR count). The van der Waals surface area contributed by atoms with Crippen molar-refractivity contribution in [3.05, 3.63) is 0 Å². The molecule has 0 aliphatic carbocycles. The molecule has 0 amide bonds. The van der Waals surface area contributed by atoms with Crippen LogP contribution in [0.4, 0.5) is 0 Å². The van der Waals surface area contributed by atoms with Crippen LogP contribution in [-0.4, -0.2) is 16.0 Å². The van der Waals surface area contributed by atoms with Crippen molar-refractivity contribution in [2.75, 3.05) is 0 Å². The summed E-state index contributed by atoms with van der Waals surface area (Å²) in [5.74, 6) is -0.843. The Morgan fingerprint density at radius 2 is 2.43 bits per heavy atom. The average molecular weight is 138 g/mol. The maximum Gasteiger partial charge on any atom is 0.529 e. The van der Waals surface area contributed by atoms with E-state index in [1.165, 1.54) is 0 Å². The average Bonchev–Trinajstić information content (AvgIpc) is 1.65. The van der Waals surface area contributed by atoms with Crippen LogP contribution in [0.3, 0.4) is 0 Å². The molecular weight excluding hydrogens is 133 g/mol. The minimum atomic E-state index is -2.29. The Bertz CT molecular complexity index is 95.7. The smallest absolute Gasteiger partial charge is 0.281 e. The first-order valence-electron chi connectivity index (χ1n) is 1.54. The lowest BCUT2D eigenvalue weighted by atomic mass is 10.8. The summed E-state index contributed by atoms with van der Waals surface area (Å²) in [4.78, 5) is 8.11. The second-order valence-electron chi connectivity index (χ2n) is 0.929. The largest absolute Gasteiger partial charge is 0.529 e. The van der Waals surface area contributed by atoms with Crippen molar-refractivity contribution in [1.29, 1.82) is 0 Å². The first-order chi connectivity index (χ1) is 3.18. The van der Waals surface area contributed by atoms with Crippen LogP contribution in [0, 0.1) is 0 Å². The monoisotopic (exact) mass is 138 g/mol. The Labute approximate surface area is 47.4 Å². The number of thiocarbonyl (C=S) groups is 1. The van der Waals surface area contributed by atoms with E-state index in [-0.39, 0.29) is 0 Å². The lowest BCUT2D eigenvalue weighted by Gasteiger charge is -1.77. The topological polar surface area (TPSA) is 63.3 Å². The second kappa shape index (κ2) is 3.16. The first-order valence-corrected chi connectivity index (χ1v) is 3.30. The molecule has 3 nitrogen and oxygen atoms in total. The van der Waals surface area contributed by atoms with Crippen molar-refractivity contribution in [2.24, 2.45) is 5.73 Å². The molecule has 0 fully saturated rings. The third-order valence-electron chi connectivity index (χ3n) is 0.394. The van der Waals surface area contributed by atoms with Gasteiger partial charge >= 0.3 is 8.03 Å². The highest BCUT2D eigenvalue weighted by Gasteiger charge is 2.19. The summed E-state index contributed by atoms with van der Waals surface area (Å²) >= 11 is 4.26. The van der Waals surface area contributed by atoms with Crippen molar-refractivity contribution in [1.82, 2.24) is 0 Å². The summed E-state index contributed by atoms with van der Waals surface area (Å²) in [6.07, 6.45) is 0. The molecule has 7 heavy (non-hydrogen) atoms. The van der Waals surface area contributed by atoms with Crippen molar-refractivity contribution >= 4 is 25.6 Å². The number of rotatable bonds is 2. The predicted octanol–water partition coefficient (Wildman–Crippen LogP) is 0.00560. The minimum absolute atomic E-state index is 0.843. The Morgan fingerprint density at radius 1 is 2.00 bits per heavy atom. The van der Waals surface area contributed by atoms with Crippen molar-refractivity contribution in [3.8, 4) is 0 Å². The third kappa shape index (κ3) is 2.76. The quantitative estimate of drug-likeness (QED) is 0.416. The number of nitrogens with two attached hydrogens (primary N) is 1. The van der Waals surface area contributed by atoms with Crippen molar-refractivity contribution < 1.29 is 9.46 Å². The molecule has 0 heterocycles. The van der Waals surface area contributed by atoms with E-state index in [2.05, 4.69) is 12.2 Å². The molecule has 5 heteroatoms. The molecule has 0 radical (unpaired) electrons. The molecule has 0 saturated carbocycles. The van der Waals surface area contributed by atoms with Crippen LogP contribution in [-0.2, 0) is 4.57 Å². The molecule has 40 valence electrons. The normalized spacial score (nSPS) is 15.4. The van der Waals surface area contributed by atoms with E-state index in [4.69, 9.17) is 10.6 Å². The minimum Gasteiger partial charge on any atom is -0.281 e. The van der Waals surface area contributed by atoms with Gasteiger partial charge in [-0.1, -0.05) is 12.2 Å². The van der Waals surface area contributed by atoms with Gasteiger partial charge in [0.05, 0.1) is 0 Å². The summed E-state index contributed by atoms with van der Waals surface area (Å²) in [6, 6.07) is 0. The molecule has 0 spiro atoms. The Kier molecular flexibility index (Phi) is 3.21. The summed E-state index contributed by atoms with van der Waals surface area (Å²) in [5.41, 5.74) is 4.92. The molecule has 0 aromatic heterocycles. The lowest BCUT2D eigenvalue weighted by molar-refractivity contribution is 0.499. The van der Waals surface area contributed by atoms with Crippen LogP contribution < -0.4 is 5.73 Å². The Hall–Kier alpha value is 0.110.